The first-order valence-electron chi connectivity index (χ1n) is 17.5. The zero-order chi connectivity index (χ0) is 33.2. The third-order valence-electron chi connectivity index (χ3n) is 11.0. The van der Waals surface area contributed by atoms with Crippen LogP contribution in [0.2, 0.25) is 0 Å². The molecule has 0 N–H and O–H groups in total. The number of furan rings is 1. The van der Waals surface area contributed by atoms with E-state index in [0.29, 0.717) is 0 Å². The number of benzene rings is 9. The molecule has 0 fully saturated rings. The van der Waals surface area contributed by atoms with Crippen LogP contribution in [0.1, 0.15) is 0 Å². The number of fused-ring (bicyclic) bond motifs is 18. The lowest BCUT2D eigenvalue weighted by atomic mass is 9.94. The van der Waals surface area contributed by atoms with Gasteiger partial charge in [-0.2, -0.15) is 0 Å². The van der Waals surface area contributed by atoms with E-state index in [2.05, 4.69) is 179 Å². The third kappa shape index (κ3) is 3.47. The van der Waals surface area contributed by atoms with Crippen LogP contribution in [-0.2, 0) is 0 Å². The van der Waals surface area contributed by atoms with E-state index >= 15 is 0 Å². The smallest absolute Gasteiger partial charge is 0.160 e. The normalized spacial score (nSPS) is 12.3. The summed E-state index contributed by atoms with van der Waals surface area (Å²) in [5.74, 6) is 0. The summed E-state index contributed by atoms with van der Waals surface area (Å²) in [5, 5.41) is 14.7. The molecule has 0 radical (unpaired) electrons. The number of hydrogen-bond donors (Lipinski definition) is 0. The summed E-state index contributed by atoms with van der Waals surface area (Å²) < 4.78 is 11.9. The molecule has 236 valence electrons. The monoisotopic (exact) mass is 648 g/mol. The highest BCUT2D eigenvalue weighted by Gasteiger charge is 2.27. The first-order valence-corrected chi connectivity index (χ1v) is 17.5. The summed E-state index contributed by atoms with van der Waals surface area (Å²) >= 11 is 0. The van der Waals surface area contributed by atoms with Crippen molar-refractivity contribution in [3.63, 3.8) is 0 Å². The molecule has 9 aromatic carbocycles. The molecule has 0 amide bonds. The molecule has 51 heavy (non-hydrogen) atoms. The Morgan fingerprint density at radius 3 is 1.47 bits per heavy atom. The molecule has 0 saturated carbocycles. The van der Waals surface area contributed by atoms with E-state index in [4.69, 9.17) is 4.42 Å². The molecule has 12 aromatic rings. The Kier molecular flexibility index (Phi) is 5.23. The van der Waals surface area contributed by atoms with Crippen LogP contribution in [0.15, 0.2) is 174 Å². The van der Waals surface area contributed by atoms with Crippen molar-refractivity contribution in [2.24, 2.45) is 0 Å². The average molecular weight is 649 g/mol. The second-order valence-corrected chi connectivity index (χ2v) is 13.6. The zero-order valence-electron chi connectivity index (χ0n) is 27.5. The Morgan fingerprint density at radius 2 is 0.804 bits per heavy atom. The molecule has 0 saturated heterocycles. The van der Waals surface area contributed by atoms with Crippen LogP contribution in [-0.4, -0.2) is 9.13 Å². The minimum absolute atomic E-state index is 0.894. The molecule has 3 nitrogen and oxygen atoms in total. The van der Waals surface area contributed by atoms with Crippen molar-refractivity contribution in [3.05, 3.63) is 170 Å². The first-order chi connectivity index (χ1) is 25.3. The van der Waals surface area contributed by atoms with Gasteiger partial charge in [-0.1, -0.05) is 127 Å². The van der Waals surface area contributed by atoms with Gasteiger partial charge in [0.05, 0.1) is 22.1 Å². The number of rotatable bonds is 2. The number of hydrogen-bond acceptors (Lipinski definition) is 1. The Balaban J connectivity index is 1.35. The van der Waals surface area contributed by atoms with E-state index in [1.54, 1.807) is 0 Å². The van der Waals surface area contributed by atoms with E-state index < -0.39 is 0 Å². The standard InChI is InChI=1S/C48H28N2O/c1-2-14-29(15-3-1)49-40-23-11-8-20-36(40)43-44-38-22-10-13-25-42(38)51-48(44)47-45(46(43)49)37-21-9-12-24-41(37)50(47)30-26-27-35-33-18-5-4-16-31(33)32-17-6-7-19-34(32)39(35)28-30/h1-28H. The number of nitrogens with zero attached hydrogens (tertiary/aromatic N) is 2. The SMILES string of the molecule is c1ccc(-n2c3ccccc3c3c4c5ccccc5oc4c4c(c5ccccc5n4-c4ccc5c6ccccc6c6ccccc6c5c4)c32)cc1. The molecule has 0 spiro atoms. The minimum atomic E-state index is 0.894. The fraction of sp³-hybridized carbons (Fsp3) is 0. The van der Waals surface area contributed by atoms with Gasteiger partial charge < -0.3 is 13.6 Å². The van der Waals surface area contributed by atoms with Gasteiger partial charge in [-0.15, -0.1) is 0 Å². The largest absolute Gasteiger partial charge is 0.454 e. The highest BCUT2D eigenvalue weighted by molar-refractivity contribution is 6.39. The van der Waals surface area contributed by atoms with Gasteiger partial charge in [-0.05, 0) is 74.8 Å². The van der Waals surface area contributed by atoms with Crippen molar-refractivity contribution >= 4 is 97.9 Å². The second-order valence-electron chi connectivity index (χ2n) is 13.6. The van der Waals surface area contributed by atoms with Crippen LogP contribution in [0.4, 0.5) is 0 Å². The summed E-state index contributed by atoms with van der Waals surface area (Å²) in [6, 6.07) is 61.5. The lowest BCUT2D eigenvalue weighted by Crippen LogP contribution is -1.96. The molecule has 0 aliphatic rings. The molecule has 12 rings (SSSR count). The van der Waals surface area contributed by atoms with Gasteiger partial charge in [-0.3, -0.25) is 0 Å². The van der Waals surface area contributed by atoms with Crippen LogP contribution >= 0.6 is 0 Å². The van der Waals surface area contributed by atoms with E-state index in [1.165, 1.54) is 64.9 Å². The third-order valence-corrected chi connectivity index (χ3v) is 11.0. The van der Waals surface area contributed by atoms with Gasteiger partial charge in [0.25, 0.3) is 0 Å². The van der Waals surface area contributed by atoms with Crippen molar-refractivity contribution in [3.8, 4) is 11.4 Å². The summed E-state index contributed by atoms with van der Waals surface area (Å²) in [6.45, 7) is 0. The maximum absolute atomic E-state index is 7.01. The Bertz CT molecular complexity index is 3380. The fourth-order valence-corrected chi connectivity index (χ4v) is 9.03. The summed E-state index contributed by atoms with van der Waals surface area (Å²) in [5.41, 5.74) is 8.66. The molecule has 3 heterocycles. The van der Waals surface area contributed by atoms with E-state index in [9.17, 15) is 0 Å². The Hall–Kier alpha value is -6.84. The highest BCUT2D eigenvalue weighted by atomic mass is 16.3. The summed E-state index contributed by atoms with van der Waals surface area (Å²) in [7, 11) is 0. The van der Waals surface area contributed by atoms with Crippen molar-refractivity contribution in [1.82, 2.24) is 9.13 Å². The molecule has 0 atom stereocenters. The van der Waals surface area contributed by atoms with Gasteiger partial charge >= 0.3 is 0 Å². The van der Waals surface area contributed by atoms with Crippen LogP contribution < -0.4 is 0 Å². The Morgan fingerprint density at radius 1 is 0.314 bits per heavy atom. The van der Waals surface area contributed by atoms with Crippen molar-refractivity contribution < 1.29 is 4.42 Å². The van der Waals surface area contributed by atoms with Crippen molar-refractivity contribution in [2.75, 3.05) is 0 Å². The van der Waals surface area contributed by atoms with Gasteiger partial charge in [0.15, 0.2) is 5.58 Å². The topological polar surface area (TPSA) is 23.0 Å². The quantitative estimate of drug-likeness (QED) is 0.171. The van der Waals surface area contributed by atoms with Crippen molar-refractivity contribution in [2.45, 2.75) is 0 Å². The molecule has 3 heteroatoms. The average Bonchev–Trinajstić information content (AvgIpc) is 3.86. The summed E-state index contributed by atoms with van der Waals surface area (Å²) in [6.07, 6.45) is 0. The molecule has 0 unspecified atom stereocenters. The van der Waals surface area contributed by atoms with Gasteiger partial charge in [0, 0.05) is 43.7 Å². The molecular weight excluding hydrogens is 621 g/mol. The van der Waals surface area contributed by atoms with Crippen LogP contribution in [0.3, 0.4) is 0 Å². The molecule has 0 aliphatic carbocycles. The maximum atomic E-state index is 7.01. The van der Waals surface area contributed by atoms with Gasteiger partial charge in [0.1, 0.15) is 5.58 Å². The molecular formula is C48H28N2O. The van der Waals surface area contributed by atoms with Gasteiger partial charge in [0.2, 0.25) is 0 Å². The van der Waals surface area contributed by atoms with Gasteiger partial charge in [-0.25, -0.2) is 0 Å². The van der Waals surface area contributed by atoms with Crippen LogP contribution in [0.25, 0.3) is 109 Å². The lowest BCUT2D eigenvalue weighted by molar-refractivity contribution is 0.671. The first kappa shape index (κ1) is 27.0. The predicted octanol–water partition coefficient (Wildman–Crippen LogP) is 13.2. The van der Waals surface area contributed by atoms with Crippen LogP contribution in [0, 0.1) is 0 Å². The molecule has 0 bridgehead atoms. The number of aromatic nitrogens is 2. The van der Waals surface area contributed by atoms with Crippen molar-refractivity contribution in [1.29, 1.82) is 0 Å². The number of para-hydroxylation sites is 4. The van der Waals surface area contributed by atoms with Crippen LogP contribution in [0.5, 0.6) is 0 Å². The zero-order valence-corrected chi connectivity index (χ0v) is 27.5. The van der Waals surface area contributed by atoms with E-state index in [-0.39, 0.29) is 0 Å². The predicted molar refractivity (Wildman–Crippen MR) is 215 cm³/mol. The highest BCUT2D eigenvalue weighted by Crippen LogP contribution is 2.49. The molecule has 0 aliphatic heterocycles. The van der Waals surface area contributed by atoms with E-state index in [1.807, 2.05) is 0 Å². The Labute approximate surface area is 291 Å². The van der Waals surface area contributed by atoms with E-state index in [0.717, 1.165) is 44.3 Å². The lowest BCUT2D eigenvalue weighted by Gasteiger charge is -2.14. The maximum Gasteiger partial charge on any atom is 0.160 e. The minimum Gasteiger partial charge on any atom is -0.454 e. The fourth-order valence-electron chi connectivity index (χ4n) is 9.03. The summed E-state index contributed by atoms with van der Waals surface area (Å²) in [4.78, 5) is 0. The second kappa shape index (κ2) is 9.87. The molecule has 3 aromatic heterocycles.